The van der Waals surface area contributed by atoms with E-state index in [1.165, 1.54) is 25.7 Å². The molecule has 22 heavy (non-hydrogen) atoms. The molecule has 0 aromatic rings. The van der Waals surface area contributed by atoms with Gasteiger partial charge in [0.15, 0.2) is 0 Å². The zero-order valence-corrected chi connectivity index (χ0v) is 13.8. The van der Waals surface area contributed by atoms with E-state index in [1.54, 1.807) is 0 Å². The predicted octanol–water partition coefficient (Wildman–Crippen LogP) is 1.82. The highest BCUT2D eigenvalue weighted by Gasteiger charge is 2.63. The summed E-state index contributed by atoms with van der Waals surface area (Å²) in [6.45, 7) is -0.0942. The molecular weight excluding hydrogens is 304 g/mol. The lowest BCUT2D eigenvalue weighted by Crippen LogP contribution is -2.36. The van der Waals surface area contributed by atoms with Crippen LogP contribution in [0, 0.1) is 41.4 Å². The van der Waals surface area contributed by atoms with E-state index in [9.17, 15) is 13.2 Å². The van der Waals surface area contributed by atoms with Crippen LogP contribution < -0.4 is 0 Å². The van der Waals surface area contributed by atoms with Crippen LogP contribution >= 0.6 is 0 Å². The van der Waals surface area contributed by atoms with E-state index in [-0.39, 0.29) is 24.2 Å². The van der Waals surface area contributed by atoms with Gasteiger partial charge in [0.2, 0.25) is 0 Å². The minimum absolute atomic E-state index is 0.0100. The molecule has 4 aliphatic rings. The van der Waals surface area contributed by atoms with Gasteiger partial charge >= 0.3 is 5.97 Å². The first-order valence-corrected chi connectivity index (χ1v) is 10.0. The quantitative estimate of drug-likeness (QED) is 0.437. The third kappa shape index (κ3) is 2.21. The average Bonchev–Trinajstić information content (AvgIpc) is 3.24. The summed E-state index contributed by atoms with van der Waals surface area (Å²) in [5.41, 5.74) is 0. The molecule has 0 saturated heterocycles. The van der Waals surface area contributed by atoms with Crippen LogP contribution in [0.4, 0.5) is 0 Å². The zero-order valence-electron chi connectivity index (χ0n) is 12.9. The molecular formula is C16H24O5S. The Labute approximate surface area is 131 Å². The van der Waals surface area contributed by atoms with Crippen molar-refractivity contribution in [1.82, 2.24) is 0 Å². The molecule has 0 amide bonds. The monoisotopic (exact) mass is 328 g/mol. The number of hydrogen-bond donors (Lipinski definition) is 0. The van der Waals surface area contributed by atoms with Gasteiger partial charge in [0.1, 0.15) is 12.4 Å². The van der Waals surface area contributed by atoms with Crippen molar-refractivity contribution in [2.75, 3.05) is 19.5 Å². The zero-order chi connectivity index (χ0) is 15.5. The van der Waals surface area contributed by atoms with E-state index in [1.807, 2.05) is 0 Å². The van der Waals surface area contributed by atoms with Crippen molar-refractivity contribution in [3.05, 3.63) is 0 Å². The normalized spacial score (nSPS) is 45.2. The van der Waals surface area contributed by atoms with Crippen molar-refractivity contribution in [3.63, 3.8) is 0 Å². The highest BCUT2D eigenvalue weighted by Crippen LogP contribution is 2.68. The third-order valence-electron chi connectivity index (χ3n) is 6.87. The molecule has 7 atom stereocenters. The van der Waals surface area contributed by atoms with Crippen molar-refractivity contribution < 1.29 is 22.1 Å². The van der Waals surface area contributed by atoms with Crippen molar-refractivity contribution in [2.24, 2.45) is 41.4 Å². The number of hydrogen-bond acceptors (Lipinski definition) is 5. The van der Waals surface area contributed by atoms with Gasteiger partial charge in [-0.2, -0.15) is 8.42 Å². The highest BCUT2D eigenvalue weighted by atomic mass is 32.2. The summed E-state index contributed by atoms with van der Waals surface area (Å²) < 4.78 is 32.1. The second kappa shape index (κ2) is 5.20. The summed E-state index contributed by atoms with van der Waals surface area (Å²) in [7, 11) is -2.42. The van der Waals surface area contributed by atoms with Gasteiger partial charge in [-0.25, -0.2) is 0 Å². The Hall–Kier alpha value is -0.620. The predicted molar refractivity (Wildman–Crippen MR) is 79.3 cm³/mol. The first kappa shape index (κ1) is 14.9. The lowest BCUT2D eigenvalue weighted by molar-refractivity contribution is -0.151. The molecule has 0 heterocycles. The van der Waals surface area contributed by atoms with Crippen molar-refractivity contribution in [3.8, 4) is 0 Å². The maximum atomic E-state index is 12.3. The topological polar surface area (TPSA) is 69.7 Å². The minimum atomic E-state index is -3.55. The van der Waals surface area contributed by atoms with Gasteiger partial charge in [0, 0.05) is 0 Å². The fourth-order valence-electron chi connectivity index (χ4n) is 6.27. The van der Waals surface area contributed by atoms with Crippen molar-refractivity contribution in [2.45, 2.75) is 32.1 Å². The maximum absolute atomic E-state index is 12.3. The average molecular weight is 328 g/mol. The molecule has 4 saturated carbocycles. The second-order valence-corrected chi connectivity index (χ2v) is 9.44. The lowest BCUT2D eigenvalue weighted by atomic mass is 9.67. The van der Waals surface area contributed by atoms with Gasteiger partial charge in [-0.05, 0) is 67.6 Å². The molecule has 0 radical (unpaired) electrons. The van der Waals surface area contributed by atoms with Crippen LogP contribution in [0.1, 0.15) is 32.1 Å². The van der Waals surface area contributed by atoms with Crippen LogP contribution in [0.5, 0.6) is 0 Å². The number of fused-ring (bicyclic) bond motifs is 9. The molecule has 0 N–H and O–H groups in total. The van der Waals surface area contributed by atoms with Gasteiger partial charge in [0.05, 0.1) is 13.0 Å². The Balaban J connectivity index is 1.36. The standard InChI is InChI=1S/C16H24O5S/c1-20-22(18,19)5-4-21-16(17)13-8-11-7-12(13)15-10-3-2-9(6-10)14(11)15/h9-15H,2-8H2,1H3. The highest BCUT2D eigenvalue weighted by molar-refractivity contribution is 7.86. The molecule has 0 aromatic heterocycles. The molecule has 0 aromatic carbocycles. The largest absolute Gasteiger partial charge is 0.464 e. The van der Waals surface area contributed by atoms with Crippen LogP contribution in [0.25, 0.3) is 0 Å². The molecule has 6 heteroatoms. The molecule has 7 unspecified atom stereocenters. The second-order valence-electron chi connectivity index (χ2n) is 7.59. The maximum Gasteiger partial charge on any atom is 0.309 e. The SMILES string of the molecule is COS(=O)(=O)CCOC(=O)C1CC2CC1C1C3CCC(C3)C21. The molecule has 4 fully saturated rings. The number of rotatable bonds is 5. The van der Waals surface area contributed by atoms with E-state index in [0.717, 1.165) is 37.2 Å². The molecule has 4 rings (SSSR count). The fraction of sp³-hybridized carbons (Fsp3) is 0.938. The van der Waals surface area contributed by atoms with E-state index >= 15 is 0 Å². The summed E-state index contributed by atoms with van der Waals surface area (Å²) in [4.78, 5) is 12.3. The van der Waals surface area contributed by atoms with Gasteiger partial charge in [-0.3, -0.25) is 8.98 Å². The first-order chi connectivity index (χ1) is 10.5. The van der Waals surface area contributed by atoms with E-state index in [4.69, 9.17) is 4.74 Å². The number of carbonyl (C=O) groups is 1. The van der Waals surface area contributed by atoms with Gasteiger partial charge in [0.25, 0.3) is 10.1 Å². The Morgan fingerprint density at radius 3 is 2.50 bits per heavy atom. The Bertz CT molecular complexity index is 571. The van der Waals surface area contributed by atoms with Crippen LogP contribution in [0.2, 0.25) is 0 Å². The van der Waals surface area contributed by atoms with Crippen LogP contribution in [0.15, 0.2) is 0 Å². The van der Waals surface area contributed by atoms with E-state index in [0.29, 0.717) is 11.8 Å². The summed E-state index contributed by atoms with van der Waals surface area (Å²) in [5, 5.41) is 0. The van der Waals surface area contributed by atoms with Gasteiger partial charge < -0.3 is 4.74 Å². The fourth-order valence-corrected chi connectivity index (χ4v) is 6.73. The molecule has 0 aliphatic heterocycles. The number of carbonyl (C=O) groups excluding carboxylic acids is 1. The molecule has 124 valence electrons. The molecule has 4 aliphatic carbocycles. The first-order valence-electron chi connectivity index (χ1n) is 8.45. The Morgan fingerprint density at radius 2 is 1.77 bits per heavy atom. The lowest BCUT2D eigenvalue weighted by Gasteiger charge is -2.37. The number of ether oxygens (including phenoxy) is 1. The van der Waals surface area contributed by atoms with Crippen LogP contribution in [0.3, 0.4) is 0 Å². The Morgan fingerprint density at radius 1 is 1.05 bits per heavy atom. The smallest absolute Gasteiger partial charge is 0.309 e. The van der Waals surface area contributed by atoms with Crippen molar-refractivity contribution in [1.29, 1.82) is 0 Å². The summed E-state index contributed by atoms with van der Waals surface area (Å²) >= 11 is 0. The number of esters is 1. The van der Waals surface area contributed by atoms with E-state index < -0.39 is 10.1 Å². The molecule has 5 nitrogen and oxygen atoms in total. The molecule has 4 bridgehead atoms. The van der Waals surface area contributed by atoms with Gasteiger partial charge in [-0.1, -0.05) is 0 Å². The molecule has 0 spiro atoms. The van der Waals surface area contributed by atoms with Gasteiger partial charge in [-0.15, -0.1) is 0 Å². The summed E-state index contributed by atoms with van der Waals surface area (Å²) in [6, 6.07) is 0. The van der Waals surface area contributed by atoms with Crippen LogP contribution in [-0.2, 0) is 23.8 Å². The third-order valence-corrected chi connectivity index (χ3v) is 8.04. The Kier molecular flexibility index (Phi) is 3.53. The summed E-state index contributed by atoms with van der Waals surface area (Å²) in [6.07, 6.45) is 6.29. The summed E-state index contributed by atoms with van der Waals surface area (Å²) in [5.74, 6) is 4.17. The van der Waals surface area contributed by atoms with Crippen molar-refractivity contribution >= 4 is 16.1 Å². The minimum Gasteiger partial charge on any atom is -0.464 e. The van der Waals surface area contributed by atoms with Crippen LogP contribution in [-0.4, -0.2) is 33.9 Å². The van der Waals surface area contributed by atoms with E-state index in [2.05, 4.69) is 4.18 Å².